The van der Waals surface area contributed by atoms with E-state index in [1.165, 1.54) is 0 Å². The monoisotopic (exact) mass is 355 g/mol. The second-order valence-electron chi connectivity index (χ2n) is 6.14. The molecule has 0 radical (unpaired) electrons. The lowest BCUT2D eigenvalue weighted by molar-refractivity contribution is -0.152. The zero-order valence-corrected chi connectivity index (χ0v) is 14.8. The SMILES string of the molecule is Cc1ccc(NC(=O)[C@@H](C)OC(=O)Cc2ccc3c(c2)OCCO3)cc1. The fraction of sp³-hybridized carbons (Fsp3) is 0.300. The summed E-state index contributed by atoms with van der Waals surface area (Å²) in [7, 11) is 0. The Labute approximate surface area is 152 Å². The van der Waals surface area contributed by atoms with Gasteiger partial charge >= 0.3 is 5.97 Å². The highest BCUT2D eigenvalue weighted by Crippen LogP contribution is 2.30. The number of carbonyl (C=O) groups is 2. The number of anilines is 1. The first-order chi connectivity index (χ1) is 12.5. The predicted octanol–water partition coefficient (Wildman–Crippen LogP) is 2.88. The maximum absolute atomic E-state index is 12.2. The third kappa shape index (κ3) is 4.53. The van der Waals surface area contributed by atoms with E-state index >= 15 is 0 Å². The van der Waals surface area contributed by atoms with E-state index < -0.39 is 12.1 Å². The van der Waals surface area contributed by atoms with Crippen LogP contribution in [0, 0.1) is 6.92 Å². The van der Waals surface area contributed by atoms with Gasteiger partial charge in [0.05, 0.1) is 6.42 Å². The maximum Gasteiger partial charge on any atom is 0.311 e. The molecule has 1 aliphatic heterocycles. The van der Waals surface area contributed by atoms with Crippen molar-refractivity contribution in [1.82, 2.24) is 0 Å². The number of carbonyl (C=O) groups excluding carboxylic acids is 2. The first kappa shape index (κ1) is 17.8. The zero-order chi connectivity index (χ0) is 18.5. The van der Waals surface area contributed by atoms with E-state index in [-0.39, 0.29) is 12.3 Å². The van der Waals surface area contributed by atoms with E-state index in [0.717, 1.165) is 11.1 Å². The van der Waals surface area contributed by atoms with Crippen molar-refractivity contribution in [2.45, 2.75) is 26.4 Å². The Bertz CT molecular complexity index is 800. The zero-order valence-electron chi connectivity index (χ0n) is 14.8. The maximum atomic E-state index is 12.2. The van der Waals surface area contributed by atoms with Gasteiger partial charge in [-0.15, -0.1) is 0 Å². The highest BCUT2D eigenvalue weighted by molar-refractivity contribution is 5.95. The Balaban J connectivity index is 1.53. The van der Waals surface area contributed by atoms with Gasteiger partial charge in [0.25, 0.3) is 5.91 Å². The van der Waals surface area contributed by atoms with Gasteiger partial charge in [-0.05, 0) is 43.7 Å². The van der Waals surface area contributed by atoms with Crippen LogP contribution in [0.15, 0.2) is 42.5 Å². The number of aryl methyl sites for hydroxylation is 1. The smallest absolute Gasteiger partial charge is 0.311 e. The molecule has 136 valence electrons. The largest absolute Gasteiger partial charge is 0.486 e. The van der Waals surface area contributed by atoms with Crippen LogP contribution in [0.3, 0.4) is 0 Å². The lowest BCUT2D eigenvalue weighted by atomic mass is 10.1. The van der Waals surface area contributed by atoms with Crippen LogP contribution in [0.1, 0.15) is 18.1 Å². The van der Waals surface area contributed by atoms with Crippen molar-refractivity contribution in [1.29, 1.82) is 0 Å². The third-order valence-electron chi connectivity index (χ3n) is 3.95. The number of amides is 1. The summed E-state index contributed by atoms with van der Waals surface area (Å²) in [6, 6.07) is 12.7. The summed E-state index contributed by atoms with van der Waals surface area (Å²) >= 11 is 0. The molecule has 0 saturated heterocycles. The molecular formula is C20H21NO5. The first-order valence-electron chi connectivity index (χ1n) is 8.47. The lowest BCUT2D eigenvalue weighted by Crippen LogP contribution is -2.30. The summed E-state index contributed by atoms with van der Waals surface area (Å²) in [5, 5.41) is 2.73. The van der Waals surface area contributed by atoms with E-state index in [0.29, 0.717) is 30.4 Å². The third-order valence-corrected chi connectivity index (χ3v) is 3.95. The molecule has 6 nitrogen and oxygen atoms in total. The molecule has 1 heterocycles. The number of benzene rings is 2. The number of ether oxygens (including phenoxy) is 3. The number of hydrogen-bond donors (Lipinski definition) is 1. The topological polar surface area (TPSA) is 73.9 Å². The first-order valence-corrected chi connectivity index (χ1v) is 8.47. The molecule has 0 bridgehead atoms. The number of fused-ring (bicyclic) bond motifs is 1. The molecular weight excluding hydrogens is 334 g/mol. The average molecular weight is 355 g/mol. The molecule has 0 saturated carbocycles. The van der Waals surface area contributed by atoms with Crippen molar-refractivity contribution in [3.63, 3.8) is 0 Å². The van der Waals surface area contributed by atoms with Gasteiger partial charge in [0, 0.05) is 5.69 Å². The minimum Gasteiger partial charge on any atom is -0.486 e. The highest BCUT2D eigenvalue weighted by atomic mass is 16.6. The van der Waals surface area contributed by atoms with E-state index in [1.54, 1.807) is 37.3 Å². The fourth-order valence-corrected chi connectivity index (χ4v) is 2.54. The van der Waals surface area contributed by atoms with Crippen LogP contribution in [0.5, 0.6) is 11.5 Å². The van der Waals surface area contributed by atoms with Crippen molar-refractivity contribution in [2.24, 2.45) is 0 Å². The van der Waals surface area contributed by atoms with Crippen molar-refractivity contribution in [3.05, 3.63) is 53.6 Å². The van der Waals surface area contributed by atoms with Crippen LogP contribution in [-0.4, -0.2) is 31.2 Å². The molecule has 0 aliphatic carbocycles. The van der Waals surface area contributed by atoms with Gasteiger partial charge in [0.2, 0.25) is 0 Å². The molecule has 0 spiro atoms. The molecule has 0 fully saturated rings. The van der Waals surface area contributed by atoms with Gasteiger partial charge in [-0.25, -0.2) is 0 Å². The second kappa shape index (κ2) is 7.91. The lowest BCUT2D eigenvalue weighted by Gasteiger charge is -2.19. The summed E-state index contributed by atoms with van der Waals surface area (Å²) in [6.45, 7) is 4.51. The molecule has 2 aromatic rings. The summed E-state index contributed by atoms with van der Waals surface area (Å²) in [4.78, 5) is 24.3. The van der Waals surface area contributed by atoms with Gasteiger partial charge < -0.3 is 19.5 Å². The molecule has 6 heteroatoms. The van der Waals surface area contributed by atoms with E-state index in [9.17, 15) is 9.59 Å². The molecule has 1 aliphatic rings. The van der Waals surface area contributed by atoms with Crippen molar-refractivity contribution < 1.29 is 23.8 Å². The molecule has 1 atom stereocenters. The Morgan fingerprint density at radius 3 is 2.50 bits per heavy atom. The van der Waals surface area contributed by atoms with E-state index in [1.807, 2.05) is 19.1 Å². The predicted molar refractivity (Wildman–Crippen MR) is 96.5 cm³/mol. The normalized spacial score (nSPS) is 13.6. The standard InChI is InChI=1S/C20H21NO5/c1-13-3-6-16(7-4-13)21-20(23)14(2)26-19(22)12-15-5-8-17-18(11-15)25-10-9-24-17/h3-8,11,14H,9-10,12H2,1-2H3,(H,21,23)/t14-/m1/s1. The number of nitrogens with one attached hydrogen (secondary N) is 1. The summed E-state index contributed by atoms with van der Waals surface area (Å²) < 4.78 is 16.2. The molecule has 1 N–H and O–H groups in total. The summed E-state index contributed by atoms with van der Waals surface area (Å²) in [6.07, 6.45) is -0.834. The summed E-state index contributed by atoms with van der Waals surface area (Å²) in [5.41, 5.74) is 2.50. The van der Waals surface area contributed by atoms with Gasteiger partial charge in [-0.3, -0.25) is 9.59 Å². The highest BCUT2D eigenvalue weighted by Gasteiger charge is 2.19. The van der Waals surface area contributed by atoms with Crippen molar-refractivity contribution in [2.75, 3.05) is 18.5 Å². The van der Waals surface area contributed by atoms with Gasteiger partial charge in [0.1, 0.15) is 13.2 Å². The molecule has 3 rings (SSSR count). The van der Waals surface area contributed by atoms with Gasteiger partial charge in [0.15, 0.2) is 17.6 Å². The van der Waals surface area contributed by atoms with Crippen LogP contribution in [0.4, 0.5) is 5.69 Å². The summed E-state index contributed by atoms with van der Waals surface area (Å²) in [5.74, 6) is 0.434. The average Bonchev–Trinajstić information content (AvgIpc) is 2.63. The Hall–Kier alpha value is -3.02. The molecule has 0 unspecified atom stereocenters. The molecule has 2 aromatic carbocycles. The van der Waals surface area contributed by atoms with Crippen LogP contribution in [0.2, 0.25) is 0 Å². The molecule has 1 amide bonds. The number of esters is 1. The van der Waals surface area contributed by atoms with E-state index in [4.69, 9.17) is 14.2 Å². The van der Waals surface area contributed by atoms with Gasteiger partial charge in [-0.1, -0.05) is 23.8 Å². The van der Waals surface area contributed by atoms with Gasteiger partial charge in [-0.2, -0.15) is 0 Å². The fourth-order valence-electron chi connectivity index (χ4n) is 2.54. The Morgan fingerprint density at radius 2 is 1.77 bits per heavy atom. The minimum atomic E-state index is -0.888. The van der Waals surface area contributed by atoms with Crippen molar-refractivity contribution in [3.8, 4) is 11.5 Å². The quantitative estimate of drug-likeness (QED) is 0.835. The van der Waals surface area contributed by atoms with Crippen LogP contribution >= 0.6 is 0 Å². The minimum absolute atomic E-state index is 0.0544. The Kier molecular flexibility index (Phi) is 5.41. The van der Waals surface area contributed by atoms with Crippen LogP contribution in [0.25, 0.3) is 0 Å². The van der Waals surface area contributed by atoms with Crippen LogP contribution in [-0.2, 0) is 20.7 Å². The number of rotatable bonds is 5. The molecule has 0 aromatic heterocycles. The second-order valence-corrected chi connectivity index (χ2v) is 6.14. The molecule has 26 heavy (non-hydrogen) atoms. The van der Waals surface area contributed by atoms with Crippen molar-refractivity contribution >= 4 is 17.6 Å². The van der Waals surface area contributed by atoms with Crippen LogP contribution < -0.4 is 14.8 Å². The number of hydrogen-bond acceptors (Lipinski definition) is 5. The Morgan fingerprint density at radius 1 is 1.08 bits per heavy atom. The van der Waals surface area contributed by atoms with E-state index in [2.05, 4.69) is 5.32 Å².